The maximum Gasteiger partial charge on any atom is 0.287 e. The number of aromatic nitrogens is 2. The summed E-state index contributed by atoms with van der Waals surface area (Å²) >= 11 is 0. The second-order valence-electron chi connectivity index (χ2n) is 6.74. The third-order valence-corrected chi connectivity index (χ3v) is 4.87. The van der Waals surface area contributed by atoms with Crippen LogP contribution in [0.2, 0.25) is 0 Å². The second kappa shape index (κ2) is 7.22. The van der Waals surface area contributed by atoms with Crippen LogP contribution in [-0.2, 0) is 0 Å². The molecular formula is C19H19FN4O3. The molecule has 1 aliphatic carbocycles. The normalized spacial score (nSPS) is 19.7. The molecule has 1 aliphatic rings. The number of benzene rings is 1. The predicted octanol–water partition coefficient (Wildman–Crippen LogP) is 2.77. The molecule has 0 bridgehead atoms. The van der Waals surface area contributed by atoms with Crippen LogP contribution < -0.4 is 10.6 Å². The van der Waals surface area contributed by atoms with Crippen molar-refractivity contribution in [2.75, 3.05) is 0 Å². The number of hydrogen-bond acceptors (Lipinski definition) is 4. The first-order chi connectivity index (χ1) is 13.1. The summed E-state index contributed by atoms with van der Waals surface area (Å²) in [6.07, 6.45) is 3.82. The third kappa shape index (κ3) is 3.69. The van der Waals surface area contributed by atoms with Gasteiger partial charge in [-0.1, -0.05) is 18.2 Å². The van der Waals surface area contributed by atoms with Gasteiger partial charge in [-0.25, -0.2) is 4.39 Å². The van der Waals surface area contributed by atoms with Crippen LogP contribution >= 0.6 is 0 Å². The zero-order valence-corrected chi connectivity index (χ0v) is 14.5. The van der Waals surface area contributed by atoms with E-state index < -0.39 is 11.7 Å². The number of carbonyl (C=O) groups excluding carboxylic acids is 2. The molecular weight excluding hydrogens is 351 g/mol. The number of carbonyl (C=O) groups is 2. The molecule has 2 amide bonds. The van der Waals surface area contributed by atoms with Crippen LogP contribution in [0.4, 0.5) is 4.39 Å². The zero-order valence-electron chi connectivity index (χ0n) is 14.5. The van der Waals surface area contributed by atoms with E-state index >= 15 is 0 Å². The van der Waals surface area contributed by atoms with Gasteiger partial charge in [-0.3, -0.25) is 14.7 Å². The number of para-hydroxylation sites is 1. The molecule has 0 unspecified atom stereocenters. The topological polar surface area (TPSA) is 100 Å². The van der Waals surface area contributed by atoms with Crippen LogP contribution in [0.15, 0.2) is 40.9 Å². The lowest BCUT2D eigenvalue weighted by molar-refractivity contribution is 0.0873. The highest BCUT2D eigenvalue weighted by molar-refractivity contribution is 5.96. The molecule has 1 fully saturated rings. The van der Waals surface area contributed by atoms with Crippen molar-refractivity contribution < 1.29 is 18.4 Å². The molecule has 1 saturated carbocycles. The van der Waals surface area contributed by atoms with Crippen molar-refractivity contribution in [2.24, 2.45) is 0 Å². The fraction of sp³-hybridized carbons (Fsp3) is 0.316. The fourth-order valence-electron chi connectivity index (χ4n) is 3.42. The molecule has 0 aliphatic heterocycles. The van der Waals surface area contributed by atoms with Gasteiger partial charge in [-0.15, -0.1) is 0 Å². The van der Waals surface area contributed by atoms with Gasteiger partial charge in [0.2, 0.25) is 0 Å². The molecule has 27 heavy (non-hydrogen) atoms. The van der Waals surface area contributed by atoms with Crippen molar-refractivity contribution in [2.45, 2.75) is 37.8 Å². The maximum absolute atomic E-state index is 13.4. The largest absolute Gasteiger partial charge is 0.451 e. The van der Waals surface area contributed by atoms with Gasteiger partial charge >= 0.3 is 0 Å². The number of halogens is 1. The Bertz CT molecular complexity index is 939. The van der Waals surface area contributed by atoms with E-state index in [1.165, 1.54) is 0 Å². The van der Waals surface area contributed by atoms with Crippen molar-refractivity contribution in [3.05, 3.63) is 53.8 Å². The predicted molar refractivity (Wildman–Crippen MR) is 95.7 cm³/mol. The Morgan fingerprint density at radius 2 is 1.74 bits per heavy atom. The van der Waals surface area contributed by atoms with Gasteiger partial charge in [0.15, 0.2) is 17.3 Å². The highest BCUT2D eigenvalue weighted by Crippen LogP contribution is 2.22. The smallest absolute Gasteiger partial charge is 0.287 e. The zero-order chi connectivity index (χ0) is 18.8. The molecule has 3 N–H and O–H groups in total. The summed E-state index contributed by atoms with van der Waals surface area (Å²) in [4.78, 5) is 24.4. The molecule has 4 rings (SSSR count). The number of hydrogen-bond donors (Lipinski definition) is 3. The van der Waals surface area contributed by atoms with Gasteiger partial charge < -0.3 is 15.1 Å². The molecule has 0 spiro atoms. The summed E-state index contributed by atoms with van der Waals surface area (Å²) in [5, 5.41) is 12.5. The van der Waals surface area contributed by atoms with E-state index in [-0.39, 0.29) is 23.7 Å². The van der Waals surface area contributed by atoms with Gasteiger partial charge in [0.05, 0.1) is 6.20 Å². The van der Waals surface area contributed by atoms with Gasteiger partial charge in [0.1, 0.15) is 5.58 Å². The monoisotopic (exact) mass is 370 g/mol. The van der Waals surface area contributed by atoms with Crippen LogP contribution in [0.3, 0.4) is 0 Å². The molecule has 0 atom stereocenters. The van der Waals surface area contributed by atoms with E-state index in [9.17, 15) is 14.0 Å². The lowest BCUT2D eigenvalue weighted by Gasteiger charge is -2.29. The minimum atomic E-state index is -0.667. The summed E-state index contributed by atoms with van der Waals surface area (Å²) in [5.74, 6) is -1.11. The lowest BCUT2D eigenvalue weighted by atomic mass is 9.91. The molecule has 0 saturated heterocycles. The summed E-state index contributed by atoms with van der Waals surface area (Å²) < 4.78 is 19.0. The van der Waals surface area contributed by atoms with Crippen LogP contribution in [0.5, 0.6) is 0 Å². The molecule has 2 aromatic heterocycles. The van der Waals surface area contributed by atoms with Crippen LogP contribution in [-0.4, -0.2) is 34.1 Å². The molecule has 7 nitrogen and oxygen atoms in total. The Hall–Kier alpha value is -3.16. The average Bonchev–Trinajstić information content (AvgIpc) is 3.29. The highest BCUT2D eigenvalue weighted by atomic mass is 19.1. The second-order valence-corrected chi connectivity index (χ2v) is 6.74. The molecule has 0 radical (unpaired) electrons. The number of aromatic amines is 1. The Morgan fingerprint density at radius 1 is 1.07 bits per heavy atom. The standard InChI is InChI=1S/C19H19FN4O3/c20-14-10-21-24-17(14)19(26)23-13-7-5-12(6-8-13)22-18(25)16-9-11-3-1-2-4-15(11)27-16/h1-4,9-10,12-13H,5-8H2,(H,21,24)(H,22,25)(H,23,26). The van der Waals surface area contributed by atoms with Gasteiger partial charge in [-0.2, -0.15) is 5.10 Å². The molecule has 1 aromatic carbocycles. The number of rotatable bonds is 4. The Labute approximate surface area is 154 Å². The van der Waals surface area contributed by atoms with Crippen LogP contribution in [0.1, 0.15) is 46.7 Å². The van der Waals surface area contributed by atoms with E-state index in [1.54, 1.807) is 6.07 Å². The van der Waals surface area contributed by atoms with E-state index in [0.717, 1.165) is 24.4 Å². The van der Waals surface area contributed by atoms with Gasteiger partial charge in [0, 0.05) is 17.5 Å². The summed E-state index contributed by atoms with van der Waals surface area (Å²) in [7, 11) is 0. The van der Waals surface area contributed by atoms with Crippen molar-refractivity contribution in [1.82, 2.24) is 20.8 Å². The van der Waals surface area contributed by atoms with Crippen LogP contribution in [0.25, 0.3) is 11.0 Å². The minimum Gasteiger partial charge on any atom is -0.451 e. The number of nitrogens with zero attached hydrogens (tertiary/aromatic N) is 1. The molecule has 140 valence electrons. The number of fused-ring (bicyclic) bond motifs is 1. The van der Waals surface area contributed by atoms with E-state index in [4.69, 9.17) is 4.42 Å². The molecule has 2 heterocycles. The lowest BCUT2D eigenvalue weighted by Crippen LogP contribution is -2.44. The number of amides is 2. The van der Waals surface area contributed by atoms with Crippen molar-refractivity contribution in [1.29, 1.82) is 0 Å². The van der Waals surface area contributed by atoms with E-state index in [1.807, 2.05) is 24.3 Å². The Morgan fingerprint density at radius 3 is 2.37 bits per heavy atom. The van der Waals surface area contributed by atoms with Crippen molar-refractivity contribution in [3.8, 4) is 0 Å². The Kier molecular flexibility index (Phi) is 4.62. The maximum atomic E-state index is 13.4. The van der Waals surface area contributed by atoms with E-state index in [0.29, 0.717) is 24.2 Å². The SMILES string of the molecule is O=C(NC1CCC(NC(=O)c2[nH]ncc2F)CC1)c1cc2ccccc2o1. The number of furan rings is 1. The number of H-pyrrole nitrogens is 1. The summed E-state index contributed by atoms with van der Waals surface area (Å²) in [6.45, 7) is 0. The first-order valence-electron chi connectivity index (χ1n) is 8.89. The summed E-state index contributed by atoms with van der Waals surface area (Å²) in [6, 6.07) is 9.16. The fourth-order valence-corrected chi connectivity index (χ4v) is 3.42. The first kappa shape index (κ1) is 17.3. The molecule has 3 aromatic rings. The quantitative estimate of drug-likeness (QED) is 0.657. The van der Waals surface area contributed by atoms with Gasteiger partial charge in [-0.05, 0) is 37.8 Å². The molecule has 8 heteroatoms. The highest BCUT2D eigenvalue weighted by Gasteiger charge is 2.26. The first-order valence-corrected chi connectivity index (χ1v) is 8.89. The summed E-state index contributed by atoms with van der Waals surface area (Å²) in [5.41, 5.74) is 0.524. The van der Waals surface area contributed by atoms with Crippen molar-refractivity contribution >= 4 is 22.8 Å². The van der Waals surface area contributed by atoms with E-state index in [2.05, 4.69) is 20.8 Å². The number of nitrogens with one attached hydrogen (secondary N) is 3. The average molecular weight is 370 g/mol. The van der Waals surface area contributed by atoms with Crippen LogP contribution in [0, 0.1) is 5.82 Å². The Balaban J connectivity index is 1.29. The van der Waals surface area contributed by atoms with Crippen molar-refractivity contribution in [3.63, 3.8) is 0 Å². The third-order valence-electron chi connectivity index (χ3n) is 4.87. The minimum absolute atomic E-state index is 0.0164. The van der Waals surface area contributed by atoms with Gasteiger partial charge in [0.25, 0.3) is 11.8 Å².